The van der Waals surface area contributed by atoms with E-state index < -0.39 is 0 Å². The average Bonchev–Trinajstić information content (AvgIpc) is 2.69. The van der Waals surface area contributed by atoms with Crippen molar-refractivity contribution in [3.05, 3.63) is 70.9 Å². The Morgan fingerprint density at radius 2 is 1.69 bits per heavy atom. The molecule has 0 radical (unpaired) electrons. The molecule has 0 aliphatic rings. The van der Waals surface area contributed by atoms with Gasteiger partial charge in [0.05, 0.1) is 13.3 Å². The van der Waals surface area contributed by atoms with E-state index in [1.807, 2.05) is 48.5 Å². The van der Waals surface area contributed by atoms with Crippen molar-refractivity contribution in [3.8, 4) is 5.75 Å². The highest BCUT2D eigenvalue weighted by molar-refractivity contribution is 6.30. The summed E-state index contributed by atoms with van der Waals surface area (Å²) in [5, 5.41) is 15.2. The number of methoxy groups -OCH3 is 1. The molecule has 2 aromatic carbocycles. The average molecular weight is 370 g/mol. The Kier molecular flexibility index (Phi) is 6.22. The molecular formula is C19H20ClN5O. The van der Waals surface area contributed by atoms with Gasteiger partial charge in [-0.05, 0) is 41.8 Å². The van der Waals surface area contributed by atoms with E-state index in [4.69, 9.17) is 16.3 Å². The molecule has 26 heavy (non-hydrogen) atoms. The Morgan fingerprint density at radius 1 is 0.962 bits per heavy atom. The molecule has 0 unspecified atom stereocenters. The van der Waals surface area contributed by atoms with E-state index in [0.717, 1.165) is 29.3 Å². The van der Waals surface area contributed by atoms with Gasteiger partial charge in [-0.3, -0.25) is 0 Å². The molecule has 0 atom stereocenters. The number of benzene rings is 2. The van der Waals surface area contributed by atoms with Crippen molar-refractivity contribution < 1.29 is 4.74 Å². The Balaban J connectivity index is 1.49. The Hall–Kier alpha value is -2.86. The van der Waals surface area contributed by atoms with Crippen LogP contribution in [0.25, 0.3) is 0 Å². The molecule has 0 bridgehead atoms. The molecule has 6 nitrogen and oxygen atoms in total. The quantitative estimate of drug-likeness (QED) is 0.629. The summed E-state index contributed by atoms with van der Waals surface area (Å²) in [6.45, 7) is 1.36. The predicted molar refractivity (Wildman–Crippen MR) is 104 cm³/mol. The third kappa shape index (κ3) is 5.32. The zero-order chi connectivity index (χ0) is 18.2. The third-order valence-electron chi connectivity index (χ3n) is 3.80. The molecule has 0 saturated carbocycles. The summed E-state index contributed by atoms with van der Waals surface area (Å²) < 4.78 is 5.15. The molecule has 2 N–H and O–H groups in total. The summed E-state index contributed by atoms with van der Waals surface area (Å²) in [5.41, 5.74) is 2.32. The van der Waals surface area contributed by atoms with Gasteiger partial charge in [0, 0.05) is 18.1 Å². The zero-order valence-corrected chi connectivity index (χ0v) is 15.2. The minimum Gasteiger partial charge on any atom is -0.497 e. The van der Waals surface area contributed by atoms with E-state index in [0.29, 0.717) is 18.3 Å². The highest BCUT2D eigenvalue weighted by Crippen LogP contribution is 2.13. The number of ether oxygens (including phenoxy) is 1. The van der Waals surface area contributed by atoms with Crippen LogP contribution in [0.15, 0.2) is 54.7 Å². The van der Waals surface area contributed by atoms with Crippen LogP contribution < -0.4 is 15.4 Å². The van der Waals surface area contributed by atoms with Gasteiger partial charge in [-0.25, -0.2) is 0 Å². The number of nitrogens with zero attached hydrogens (tertiary/aromatic N) is 3. The van der Waals surface area contributed by atoms with Gasteiger partial charge >= 0.3 is 0 Å². The summed E-state index contributed by atoms with van der Waals surface area (Å²) in [6.07, 6.45) is 2.48. The Morgan fingerprint density at radius 3 is 2.42 bits per heavy atom. The second kappa shape index (κ2) is 9.01. The second-order valence-electron chi connectivity index (χ2n) is 5.67. The van der Waals surface area contributed by atoms with Crippen LogP contribution in [0.5, 0.6) is 5.75 Å². The highest BCUT2D eigenvalue weighted by Gasteiger charge is 2.02. The zero-order valence-electron chi connectivity index (χ0n) is 14.4. The Bertz CT molecular complexity index is 824. The van der Waals surface area contributed by atoms with Crippen molar-refractivity contribution in [2.24, 2.45) is 0 Å². The largest absolute Gasteiger partial charge is 0.497 e. The smallest absolute Gasteiger partial charge is 0.244 e. The van der Waals surface area contributed by atoms with Crippen molar-refractivity contribution in [2.75, 3.05) is 24.3 Å². The first-order chi connectivity index (χ1) is 12.7. The fraction of sp³-hybridized carbons (Fsp3) is 0.211. The van der Waals surface area contributed by atoms with E-state index in [1.165, 1.54) is 5.56 Å². The lowest BCUT2D eigenvalue weighted by Gasteiger charge is -2.08. The first kappa shape index (κ1) is 17.9. The summed E-state index contributed by atoms with van der Waals surface area (Å²) in [7, 11) is 1.65. The van der Waals surface area contributed by atoms with Crippen LogP contribution in [0.1, 0.15) is 11.1 Å². The number of nitrogens with one attached hydrogen (secondary N) is 2. The standard InChI is InChI=1S/C19H20ClN5O/c1-26-17-8-4-15(5-9-17)12-22-19-24-18(13-23-25-19)21-11-10-14-2-6-16(20)7-3-14/h2-9,13H,10-12H2,1H3,(H2,21,22,24,25). The molecule has 0 amide bonds. The Labute approximate surface area is 157 Å². The summed E-state index contributed by atoms with van der Waals surface area (Å²) in [5.74, 6) is 2.00. The van der Waals surface area contributed by atoms with Gasteiger partial charge in [0.25, 0.3) is 0 Å². The van der Waals surface area contributed by atoms with E-state index in [-0.39, 0.29) is 0 Å². The molecule has 0 spiro atoms. The van der Waals surface area contributed by atoms with Crippen molar-refractivity contribution in [3.63, 3.8) is 0 Å². The minimum atomic E-state index is 0.484. The van der Waals surface area contributed by atoms with Crippen molar-refractivity contribution >= 4 is 23.4 Å². The van der Waals surface area contributed by atoms with Gasteiger partial charge in [-0.2, -0.15) is 10.1 Å². The molecule has 1 aromatic heterocycles. The van der Waals surface area contributed by atoms with Crippen LogP contribution in [-0.2, 0) is 13.0 Å². The fourth-order valence-corrected chi connectivity index (χ4v) is 2.50. The lowest BCUT2D eigenvalue weighted by atomic mass is 10.1. The number of anilines is 2. The van der Waals surface area contributed by atoms with Crippen molar-refractivity contribution in [2.45, 2.75) is 13.0 Å². The summed E-state index contributed by atoms with van der Waals surface area (Å²) >= 11 is 5.89. The first-order valence-electron chi connectivity index (χ1n) is 8.28. The summed E-state index contributed by atoms with van der Waals surface area (Å²) in [4.78, 5) is 4.43. The second-order valence-corrected chi connectivity index (χ2v) is 6.11. The minimum absolute atomic E-state index is 0.484. The molecule has 3 rings (SSSR count). The molecule has 0 aliphatic carbocycles. The van der Waals surface area contributed by atoms with Crippen LogP contribution >= 0.6 is 11.6 Å². The van der Waals surface area contributed by atoms with E-state index in [2.05, 4.69) is 25.8 Å². The van der Waals surface area contributed by atoms with Crippen molar-refractivity contribution in [1.82, 2.24) is 15.2 Å². The summed E-state index contributed by atoms with van der Waals surface area (Å²) in [6, 6.07) is 15.7. The molecule has 0 saturated heterocycles. The normalized spacial score (nSPS) is 10.4. The monoisotopic (exact) mass is 369 g/mol. The van der Waals surface area contributed by atoms with E-state index >= 15 is 0 Å². The topological polar surface area (TPSA) is 72.0 Å². The lowest BCUT2D eigenvalue weighted by molar-refractivity contribution is 0.414. The van der Waals surface area contributed by atoms with Crippen molar-refractivity contribution in [1.29, 1.82) is 0 Å². The third-order valence-corrected chi connectivity index (χ3v) is 4.05. The SMILES string of the molecule is COc1ccc(CNc2nncc(NCCc3ccc(Cl)cc3)n2)cc1. The molecule has 7 heteroatoms. The maximum absolute atomic E-state index is 5.89. The number of rotatable bonds is 8. The molecule has 134 valence electrons. The van der Waals surface area contributed by atoms with Gasteiger partial charge in [-0.1, -0.05) is 35.9 Å². The maximum atomic E-state index is 5.89. The van der Waals surface area contributed by atoms with Gasteiger partial charge in [0.1, 0.15) is 5.75 Å². The van der Waals surface area contributed by atoms with Crippen LogP contribution in [0, 0.1) is 0 Å². The lowest BCUT2D eigenvalue weighted by Crippen LogP contribution is -2.10. The van der Waals surface area contributed by atoms with Gasteiger partial charge < -0.3 is 15.4 Å². The molecule has 1 heterocycles. The van der Waals surface area contributed by atoms with Gasteiger partial charge in [0.15, 0.2) is 5.82 Å². The molecule has 0 aliphatic heterocycles. The number of hydrogen-bond donors (Lipinski definition) is 2. The van der Waals surface area contributed by atoms with Crippen LogP contribution in [0.2, 0.25) is 5.02 Å². The molecular weight excluding hydrogens is 350 g/mol. The van der Waals surface area contributed by atoms with E-state index in [1.54, 1.807) is 13.3 Å². The molecule has 3 aromatic rings. The molecule has 0 fully saturated rings. The van der Waals surface area contributed by atoms with Crippen LogP contribution in [0.4, 0.5) is 11.8 Å². The maximum Gasteiger partial charge on any atom is 0.244 e. The fourth-order valence-electron chi connectivity index (χ4n) is 2.37. The number of halogens is 1. The van der Waals surface area contributed by atoms with Gasteiger partial charge in [-0.15, -0.1) is 5.10 Å². The van der Waals surface area contributed by atoms with Crippen LogP contribution in [0.3, 0.4) is 0 Å². The number of aromatic nitrogens is 3. The van der Waals surface area contributed by atoms with E-state index in [9.17, 15) is 0 Å². The predicted octanol–water partition coefficient (Wildman–Crippen LogP) is 3.80. The highest BCUT2D eigenvalue weighted by atomic mass is 35.5. The van der Waals surface area contributed by atoms with Crippen LogP contribution in [-0.4, -0.2) is 28.8 Å². The number of hydrogen-bond acceptors (Lipinski definition) is 6. The van der Waals surface area contributed by atoms with Gasteiger partial charge in [0.2, 0.25) is 5.95 Å². The first-order valence-corrected chi connectivity index (χ1v) is 8.65.